The first-order valence-corrected chi connectivity index (χ1v) is 5.33. The Morgan fingerprint density at radius 2 is 2.33 bits per heavy atom. The molecule has 94 valence electrons. The molecule has 0 radical (unpaired) electrons. The number of nitrogen functional groups attached to an aromatic ring is 1. The lowest BCUT2D eigenvalue weighted by atomic mass is 10.1. The molecule has 2 aromatic rings. The molecule has 2 rings (SSSR count). The van der Waals surface area contributed by atoms with Crippen LogP contribution in [0.2, 0.25) is 0 Å². The highest BCUT2D eigenvalue weighted by Crippen LogP contribution is 2.24. The number of rotatable bonds is 4. The van der Waals surface area contributed by atoms with Gasteiger partial charge < -0.3 is 5.43 Å². The normalized spacial score (nSPS) is 10.3. The van der Waals surface area contributed by atoms with Crippen molar-refractivity contribution in [3.63, 3.8) is 0 Å². The number of anilines is 1. The zero-order chi connectivity index (χ0) is 13.1. The van der Waals surface area contributed by atoms with Crippen molar-refractivity contribution < 1.29 is 4.92 Å². The summed E-state index contributed by atoms with van der Waals surface area (Å²) in [6.07, 6.45) is 3.62. The topological polar surface area (TPSA) is 99.0 Å². The second kappa shape index (κ2) is 4.84. The molecule has 7 nitrogen and oxygen atoms in total. The Hall–Kier alpha value is -2.41. The summed E-state index contributed by atoms with van der Waals surface area (Å²) in [5, 5.41) is 15.0. The number of hydrazine groups is 1. The van der Waals surface area contributed by atoms with E-state index >= 15 is 0 Å². The predicted octanol–water partition coefficient (Wildman–Crippen LogP) is 1.43. The summed E-state index contributed by atoms with van der Waals surface area (Å²) in [6.45, 7) is 2.42. The number of nitro benzene ring substituents is 1. The molecule has 18 heavy (non-hydrogen) atoms. The van der Waals surface area contributed by atoms with Crippen molar-refractivity contribution in [1.29, 1.82) is 0 Å². The third-order valence-electron chi connectivity index (χ3n) is 2.52. The highest BCUT2D eigenvalue weighted by molar-refractivity contribution is 5.61. The molecule has 0 aliphatic carbocycles. The number of nitrogens with one attached hydrogen (secondary N) is 1. The van der Waals surface area contributed by atoms with Gasteiger partial charge in [0.2, 0.25) is 0 Å². The average Bonchev–Trinajstić information content (AvgIpc) is 2.74. The van der Waals surface area contributed by atoms with Crippen LogP contribution in [0, 0.1) is 17.0 Å². The van der Waals surface area contributed by atoms with E-state index in [0.29, 0.717) is 12.2 Å². The maximum Gasteiger partial charge on any atom is 0.293 e. The molecule has 0 amide bonds. The second-order valence-electron chi connectivity index (χ2n) is 3.97. The van der Waals surface area contributed by atoms with E-state index < -0.39 is 4.92 Å². The van der Waals surface area contributed by atoms with E-state index in [4.69, 9.17) is 5.84 Å². The van der Waals surface area contributed by atoms with Crippen molar-refractivity contribution in [1.82, 2.24) is 9.78 Å². The summed E-state index contributed by atoms with van der Waals surface area (Å²) < 4.78 is 1.73. The van der Waals surface area contributed by atoms with E-state index in [1.807, 2.05) is 13.1 Å². The SMILES string of the molecule is Cc1cnn(Cc2ccc(NN)c([N+](=O)[O-])c2)c1. The van der Waals surface area contributed by atoms with Crippen molar-refractivity contribution in [3.8, 4) is 0 Å². The number of hydrogen-bond donors (Lipinski definition) is 2. The molecule has 0 spiro atoms. The van der Waals surface area contributed by atoms with E-state index in [-0.39, 0.29) is 5.69 Å². The fraction of sp³-hybridized carbons (Fsp3) is 0.182. The molecule has 1 aromatic heterocycles. The molecular formula is C11H13N5O2. The summed E-state index contributed by atoms with van der Waals surface area (Å²) in [7, 11) is 0. The lowest BCUT2D eigenvalue weighted by molar-refractivity contribution is -0.384. The standard InChI is InChI=1S/C11H13N5O2/c1-8-5-13-15(6-8)7-9-2-3-10(14-12)11(4-9)16(17)18/h2-6,14H,7,12H2,1H3. The number of nitrogens with zero attached hydrogens (tertiary/aromatic N) is 3. The summed E-state index contributed by atoms with van der Waals surface area (Å²) in [6, 6.07) is 4.86. The molecule has 0 unspecified atom stereocenters. The predicted molar refractivity (Wildman–Crippen MR) is 67.0 cm³/mol. The van der Waals surface area contributed by atoms with E-state index in [1.165, 1.54) is 6.07 Å². The van der Waals surface area contributed by atoms with Gasteiger partial charge in [0.15, 0.2) is 0 Å². The Labute approximate surface area is 103 Å². The van der Waals surface area contributed by atoms with E-state index in [0.717, 1.165) is 11.1 Å². The molecule has 0 fully saturated rings. The van der Waals surface area contributed by atoms with E-state index in [2.05, 4.69) is 10.5 Å². The van der Waals surface area contributed by atoms with Crippen molar-refractivity contribution in [2.75, 3.05) is 5.43 Å². The summed E-state index contributed by atoms with van der Waals surface area (Å²) in [4.78, 5) is 10.4. The smallest absolute Gasteiger partial charge is 0.293 e. The van der Waals surface area contributed by atoms with Crippen LogP contribution in [-0.2, 0) is 6.54 Å². The van der Waals surface area contributed by atoms with Gasteiger partial charge in [-0.25, -0.2) is 0 Å². The van der Waals surface area contributed by atoms with Gasteiger partial charge in [0.05, 0.1) is 17.7 Å². The van der Waals surface area contributed by atoms with Gasteiger partial charge in [-0.3, -0.25) is 20.6 Å². The monoisotopic (exact) mass is 247 g/mol. The van der Waals surface area contributed by atoms with Crippen molar-refractivity contribution >= 4 is 11.4 Å². The van der Waals surface area contributed by atoms with Crippen LogP contribution in [0.1, 0.15) is 11.1 Å². The molecule has 0 aliphatic rings. The molecule has 0 saturated carbocycles. The molecule has 7 heteroatoms. The third-order valence-corrected chi connectivity index (χ3v) is 2.52. The number of hydrogen-bond acceptors (Lipinski definition) is 5. The Morgan fingerprint density at radius 3 is 2.89 bits per heavy atom. The molecule has 1 heterocycles. The van der Waals surface area contributed by atoms with Gasteiger partial charge in [0.25, 0.3) is 5.69 Å². The number of nitrogens with two attached hydrogens (primary N) is 1. The van der Waals surface area contributed by atoms with E-state index in [1.54, 1.807) is 23.0 Å². The van der Waals surface area contributed by atoms with Crippen LogP contribution >= 0.6 is 0 Å². The maximum atomic E-state index is 10.9. The minimum atomic E-state index is -0.465. The zero-order valence-electron chi connectivity index (χ0n) is 9.83. The van der Waals surface area contributed by atoms with Crippen LogP contribution in [0.3, 0.4) is 0 Å². The van der Waals surface area contributed by atoms with Crippen LogP contribution in [0.5, 0.6) is 0 Å². The largest absolute Gasteiger partial charge is 0.318 e. The fourth-order valence-corrected chi connectivity index (χ4v) is 1.69. The van der Waals surface area contributed by atoms with Gasteiger partial charge in [-0.15, -0.1) is 0 Å². The summed E-state index contributed by atoms with van der Waals surface area (Å²) in [5.41, 5.74) is 4.40. The molecule has 0 atom stereocenters. The van der Waals surface area contributed by atoms with Crippen LogP contribution in [0.15, 0.2) is 30.6 Å². The van der Waals surface area contributed by atoms with Gasteiger partial charge in [-0.2, -0.15) is 5.10 Å². The molecule has 1 aromatic carbocycles. The van der Waals surface area contributed by atoms with Crippen molar-refractivity contribution in [2.45, 2.75) is 13.5 Å². The lowest BCUT2D eigenvalue weighted by Gasteiger charge is -2.05. The average molecular weight is 247 g/mol. The molecule has 0 saturated heterocycles. The first-order valence-electron chi connectivity index (χ1n) is 5.33. The minimum absolute atomic E-state index is 0.0427. The lowest BCUT2D eigenvalue weighted by Crippen LogP contribution is -2.09. The Kier molecular flexibility index (Phi) is 3.24. The van der Waals surface area contributed by atoms with Crippen molar-refractivity contribution in [3.05, 3.63) is 51.8 Å². The van der Waals surface area contributed by atoms with Crippen LogP contribution in [0.25, 0.3) is 0 Å². The molecule has 3 N–H and O–H groups in total. The third kappa shape index (κ3) is 2.46. The number of aryl methyl sites for hydroxylation is 1. The van der Waals surface area contributed by atoms with Crippen LogP contribution in [-0.4, -0.2) is 14.7 Å². The molecule has 0 bridgehead atoms. The highest BCUT2D eigenvalue weighted by Gasteiger charge is 2.13. The van der Waals surface area contributed by atoms with Gasteiger partial charge in [0, 0.05) is 12.3 Å². The quantitative estimate of drug-likeness (QED) is 0.483. The first kappa shape index (κ1) is 12.1. The van der Waals surface area contributed by atoms with Crippen LogP contribution in [0.4, 0.5) is 11.4 Å². The Balaban J connectivity index is 2.29. The number of benzene rings is 1. The Bertz CT molecular complexity index is 579. The number of nitro groups is 1. The fourth-order valence-electron chi connectivity index (χ4n) is 1.69. The maximum absolute atomic E-state index is 10.9. The number of aromatic nitrogens is 2. The van der Waals surface area contributed by atoms with Gasteiger partial charge in [-0.05, 0) is 24.1 Å². The first-order chi connectivity index (χ1) is 8.60. The minimum Gasteiger partial charge on any atom is -0.318 e. The summed E-state index contributed by atoms with van der Waals surface area (Å²) >= 11 is 0. The van der Waals surface area contributed by atoms with Crippen molar-refractivity contribution in [2.24, 2.45) is 5.84 Å². The van der Waals surface area contributed by atoms with E-state index in [9.17, 15) is 10.1 Å². The highest BCUT2D eigenvalue weighted by atomic mass is 16.6. The van der Waals surface area contributed by atoms with Gasteiger partial charge >= 0.3 is 0 Å². The van der Waals surface area contributed by atoms with Gasteiger partial charge in [0.1, 0.15) is 5.69 Å². The molecular weight excluding hydrogens is 234 g/mol. The zero-order valence-corrected chi connectivity index (χ0v) is 9.83. The van der Waals surface area contributed by atoms with Crippen LogP contribution < -0.4 is 11.3 Å². The Morgan fingerprint density at radius 1 is 1.56 bits per heavy atom. The van der Waals surface area contributed by atoms with Gasteiger partial charge in [-0.1, -0.05) is 6.07 Å². The molecule has 0 aliphatic heterocycles. The second-order valence-corrected chi connectivity index (χ2v) is 3.97. The summed E-state index contributed by atoms with van der Waals surface area (Å²) in [5.74, 6) is 5.22.